The van der Waals surface area contributed by atoms with Crippen LogP contribution in [0, 0.1) is 0 Å². The van der Waals surface area contributed by atoms with Crippen molar-refractivity contribution in [2.45, 2.75) is 6.42 Å². The van der Waals surface area contributed by atoms with E-state index in [1.165, 1.54) is 23.4 Å². The average molecular weight is 194 g/mol. The van der Waals surface area contributed by atoms with Gasteiger partial charge < -0.3 is 0 Å². The van der Waals surface area contributed by atoms with Crippen molar-refractivity contribution >= 4 is 34.0 Å². The van der Waals surface area contributed by atoms with Crippen molar-refractivity contribution in [3.63, 3.8) is 0 Å². The Morgan fingerprint density at radius 3 is 2.33 bits per heavy atom. The molecule has 0 nitrogen and oxygen atoms in total. The maximum atomic E-state index is 2.23. The van der Waals surface area contributed by atoms with Crippen LogP contribution in [0.1, 0.15) is 6.42 Å². The maximum absolute atomic E-state index is 2.23. The summed E-state index contributed by atoms with van der Waals surface area (Å²) < 4.78 is 0. The quantitative estimate of drug-likeness (QED) is 0.629. The molecule has 0 saturated carbocycles. The Hall–Kier alpha value is -0.0151. The zero-order valence-electron chi connectivity index (χ0n) is 6.90. The van der Waals surface area contributed by atoms with E-state index in [2.05, 4.69) is 53.6 Å². The standard InChI is InChI=1S/C9H11BS2/c1-2-5-9(6-3-1)10-11-7-4-8-12-10/h1-3,5-6H,4,7-8H2. The molecule has 0 bridgehead atoms. The Morgan fingerprint density at radius 1 is 1.00 bits per heavy atom. The molecule has 0 radical (unpaired) electrons. The maximum Gasteiger partial charge on any atom is 0.307 e. The van der Waals surface area contributed by atoms with Crippen molar-refractivity contribution in [3.05, 3.63) is 30.3 Å². The minimum absolute atomic E-state index is 0.694. The fourth-order valence-corrected chi connectivity index (χ4v) is 4.18. The summed E-state index contributed by atoms with van der Waals surface area (Å²) in [6.45, 7) is 0. The summed E-state index contributed by atoms with van der Waals surface area (Å²) in [5, 5.41) is 0.694. The van der Waals surface area contributed by atoms with E-state index in [4.69, 9.17) is 0 Å². The van der Waals surface area contributed by atoms with Crippen LogP contribution in [0.5, 0.6) is 0 Å². The monoisotopic (exact) mass is 194 g/mol. The van der Waals surface area contributed by atoms with E-state index in [0.717, 1.165) is 0 Å². The molecule has 1 heterocycles. The van der Waals surface area contributed by atoms with Gasteiger partial charge in [0, 0.05) is 0 Å². The third-order valence-electron chi connectivity index (χ3n) is 1.90. The summed E-state index contributed by atoms with van der Waals surface area (Å²) in [7, 11) is 0. The molecular weight excluding hydrogens is 183 g/mol. The third kappa shape index (κ3) is 2.02. The van der Waals surface area contributed by atoms with Crippen molar-refractivity contribution < 1.29 is 0 Å². The van der Waals surface area contributed by atoms with Crippen molar-refractivity contribution in [2.24, 2.45) is 0 Å². The summed E-state index contributed by atoms with van der Waals surface area (Å²) in [4.78, 5) is 0. The van der Waals surface area contributed by atoms with Gasteiger partial charge in [-0.1, -0.05) is 35.8 Å². The number of hydrogen-bond donors (Lipinski definition) is 0. The minimum atomic E-state index is 0.694. The normalized spacial score (nSPS) is 17.8. The molecule has 2 rings (SSSR count). The fourth-order valence-electron chi connectivity index (χ4n) is 1.29. The van der Waals surface area contributed by atoms with Crippen LogP contribution in [0.3, 0.4) is 0 Å². The van der Waals surface area contributed by atoms with Crippen LogP contribution in [0.4, 0.5) is 0 Å². The van der Waals surface area contributed by atoms with E-state index in [9.17, 15) is 0 Å². The van der Waals surface area contributed by atoms with Gasteiger partial charge in [-0.15, -0.1) is 0 Å². The average Bonchev–Trinajstić information content (AvgIpc) is 2.21. The topological polar surface area (TPSA) is 0 Å². The van der Waals surface area contributed by atoms with Crippen LogP contribution >= 0.6 is 23.2 Å². The number of benzene rings is 1. The lowest BCUT2D eigenvalue weighted by atomic mass is 9.93. The van der Waals surface area contributed by atoms with Gasteiger partial charge in [0.2, 0.25) is 0 Å². The molecule has 0 unspecified atom stereocenters. The molecular formula is C9H11BS2. The third-order valence-corrected chi connectivity index (χ3v) is 4.91. The predicted octanol–water partition coefficient (Wildman–Crippen LogP) is 2.25. The Morgan fingerprint density at radius 2 is 1.67 bits per heavy atom. The molecule has 3 heteroatoms. The molecule has 0 N–H and O–H groups in total. The van der Waals surface area contributed by atoms with Crippen molar-refractivity contribution in [3.8, 4) is 0 Å². The van der Waals surface area contributed by atoms with Crippen LogP contribution in [-0.4, -0.2) is 16.8 Å². The van der Waals surface area contributed by atoms with Crippen molar-refractivity contribution in [1.29, 1.82) is 0 Å². The van der Waals surface area contributed by atoms with E-state index < -0.39 is 0 Å². The molecule has 62 valence electrons. The van der Waals surface area contributed by atoms with E-state index >= 15 is 0 Å². The van der Waals surface area contributed by atoms with Gasteiger partial charge in [-0.3, -0.25) is 0 Å². The molecule has 0 amide bonds. The van der Waals surface area contributed by atoms with E-state index in [1.54, 1.807) is 0 Å². The van der Waals surface area contributed by atoms with Gasteiger partial charge in [0.1, 0.15) is 0 Å². The second-order valence-electron chi connectivity index (χ2n) is 2.84. The van der Waals surface area contributed by atoms with E-state index in [0.29, 0.717) is 5.27 Å². The largest absolute Gasteiger partial charge is 0.307 e. The van der Waals surface area contributed by atoms with Gasteiger partial charge in [0.05, 0.1) is 0 Å². The highest BCUT2D eigenvalue weighted by molar-refractivity contribution is 8.56. The molecule has 0 atom stereocenters. The predicted molar refractivity (Wildman–Crippen MR) is 61.4 cm³/mol. The lowest BCUT2D eigenvalue weighted by molar-refractivity contribution is 1.13. The summed E-state index contributed by atoms with van der Waals surface area (Å²) in [5.74, 6) is 2.65. The van der Waals surface area contributed by atoms with Crippen molar-refractivity contribution in [1.82, 2.24) is 0 Å². The molecule has 1 saturated heterocycles. The smallest absolute Gasteiger partial charge is 0.190 e. The Labute approximate surface area is 82.4 Å². The van der Waals surface area contributed by atoms with Crippen LogP contribution in [-0.2, 0) is 0 Å². The van der Waals surface area contributed by atoms with Gasteiger partial charge >= 0.3 is 5.27 Å². The highest BCUT2D eigenvalue weighted by Gasteiger charge is 2.20. The van der Waals surface area contributed by atoms with Gasteiger partial charge in [-0.25, -0.2) is 0 Å². The molecule has 0 aliphatic carbocycles. The Balaban J connectivity index is 2.08. The molecule has 0 aromatic heterocycles. The second kappa shape index (κ2) is 4.29. The number of hydrogen-bond acceptors (Lipinski definition) is 2. The first-order valence-electron chi connectivity index (χ1n) is 4.25. The van der Waals surface area contributed by atoms with Gasteiger partial charge in [0.15, 0.2) is 0 Å². The lowest BCUT2D eigenvalue weighted by Gasteiger charge is -2.17. The summed E-state index contributed by atoms with van der Waals surface area (Å²) in [6, 6.07) is 10.8. The summed E-state index contributed by atoms with van der Waals surface area (Å²) >= 11 is 4.16. The first-order chi connectivity index (χ1) is 5.97. The second-order valence-corrected chi connectivity index (χ2v) is 5.56. The summed E-state index contributed by atoms with van der Waals surface area (Å²) in [5.41, 5.74) is 1.48. The number of rotatable bonds is 1. The SMILES string of the molecule is c1ccc(B2SCCCS2)cc1. The Bertz CT molecular complexity index is 232. The molecule has 1 aliphatic heterocycles. The zero-order chi connectivity index (χ0) is 8.23. The van der Waals surface area contributed by atoms with Gasteiger partial charge in [0.25, 0.3) is 0 Å². The van der Waals surface area contributed by atoms with Crippen molar-refractivity contribution in [2.75, 3.05) is 11.5 Å². The zero-order valence-corrected chi connectivity index (χ0v) is 8.53. The van der Waals surface area contributed by atoms with Crippen LogP contribution in [0.2, 0.25) is 0 Å². The van der Waals surface area contributed by atoms with Gasteiger partial charge in [-0.05, 0) is 17.9 Å². The van der Waals surface area contributed by atoms with Crippen LogP contribution in [0.15, 0.2) is 30.3 Å². The lowest BCUT2D eigenvalue weighted by Crippen LogP contribution is -2.26. The molecule has 1 fully saturated rings. The molecule has 1 aromatic carbocycles. The van der Waals surface area contributed by atoms with Gasteiger partial charge in [-0.2, -0.15) is 23.2 Å². The molecule has 0 spiro atoms. The first-order valence-corrected chi connectivity index (χ1v) is 6.35. The molecule has 1 aliphatic rings. The van der Waals surface area contributed by atoms with Crippen LogP contribution < -0.4 is 5.46 Å². The molecule has 1 aromatic rings. The van der Waals surface area contributed by atoms with E-state index in [1.807, 2.05) is 0 Å². The Kier molecular flexibility index (Phi) is 3.06. The first kappa shape index (κ1) is 8.58. The van der Waals surface area contributed by atoms with Crippen LogP contribution in [0.25, 0.3) is 0 Å². The highest BCUT2D eigenvalue weighted by atomic mass is 32.2. The summed E-state index contributed by atoms with van der Waals surface area (Å²) in [6.07, 6.45) is 1.37. The highest BCUT2D eigenvalue weighted by Crippen LogP contribution is 2.26. The fraction of sp³-hybridized carbons (Fsp3) is 0.333. The van der Waals surface area contributed by atoms with E-state index in [-0.39, 0.29) is 0 Å². The molecule has 12 heavy (non-hydrogen) atoms. The minimum Gasteiger partial charge on any atom is -0.190 e.